The highest BCUT2D eigenvalue weighted by Crippen LogP contribution is 2.28. The van der Waals surface area contributed by atoms with Crippen LogP contribution in [0.3, 0.4) is 0 Å². The number of rotatable bonds is 4. The summed E-state index contributed by atoms with van der Waals surface area (Å²) in [5, 5.41) is 14.2. The zero-order chi connectivity index (χ0) is 13.8. The Bertz CT molecular complexity index is 459. The third-order valence-corrected chi connectivity index (χ3v) is 4.07. The highest BCUT2D eigenvalue weighted by molar-refractivity contribution is 9.10. The van der Waals surface area contributed by atoms with Crippen molar-refractivity contribution in [2.45, 2.75) is 12.8 Å². The first kappa shape index (κ1) is 14.3. The van der Waals surface area contributed by atoms with Crippen molar-refractivity contribution in [2.75, 3.05) is 32.0 Å². The van der Waals surface area contributed by atoms with Crippen molar-refractivity contribution >= 4 is 27.3 Å². The van der Waals surface area contributed by atoms with Crippen molar-refractivity contribution in [3.63, 3.8) is 0 Å². The fourth-order valence-electron chi connectivity index (χ4n) is 2.33. The SMILES string of the molecule is CN1CCC(CNc2cc(Br)ccc2[N+](=O)[O-])CC1. The zero-order valence-corrected chi connectivity index (χ0v) is 12.5. The van der Waals surface area contributed by atoms with Crippen LogP contribution < -0.4 is 5.32 Å². The van der Waals surface area contributed by atoms with Crippen LogP contribution in [0.25, 0.3) is 0 Å². The molecule has 1 aromatic rings. The molecule has 0 bridgehead atoms. The van der Waals surface area contributed by atoms with Gasteiger partial charge in [0.25, 0.3) is 5.69 Å². The second-order valence-electron chi connectivity index (χ2n) is 5.05. The predicted molar refractivity (Wildman–Crippen MR) is 79.5 cm³/mol. The van der Waals surface area contributed by atoms with Crippen LogP contribution in [0.15, 0.2) is 22.7 Å². The van der Waals surface area contributed by atoms with E-state index in [9.17, 15) is 10.1 Å². The van der Waals surface area contributed by atoms with Gasteiger partial charge in [-0.15, -0.1) is 0 Å². The van der Waals surface area contributed by atoms with Gasteiger partial charge in [-0.1, -0.05) is 15.9 Å². The van der Waals surface area contributed by atoms with Gasteiger partial charge in [-0.25, -0.2) is 0 Å². The highest BCUT2D eigenvalue weighted by atomic mass is 79.9. The van der Waals surface area contributed by atoms with Crippen molar-refractivity contribution in [1.29, 1.82) is 0 Å². The van der Waals surface area contributed by atoms with Crippen molar-refractivity contribution < 1.29 is 4.92 Å². The first-order valence-corrected chi connectivity index (χ1v) is 7.22. The number of nitrogens with zero attached hydrogens (tertiary/aromatic N) is 2. The molecule has 0 aromatic heterocycles. The van der Waals surface area contributed by atoms with Crippen molar-refractivity contribution in [3.8, 4) is 0 Å². The molecule has 2 rings (SSSR count). The second kappa shape index (κ2) is 6.34. The molecule has 1 N–H and O–H groups in total. The van der Waals surface area contributed by atoms with E-state index in [1.807, 2.05) is 0 Å². The molecule has 6 heteroatoms. The number of benzene rings is 1. The second-order valence-corrected chi connectivity index (χ2v) is 5.96. The van der Waals surface area contributed by atoms with Gasteiger partial charge >= 0.3 is 0 Å². The Morgan fingerprint density at radius 1 is 1.47 bits per heavy atom. The van der Waals surface area contributed by atoms with Gasteiger partial charge in [-0.3, -0.25) is 10.1 Å². The minimum atomic E-state index is -0.344. The molecular formula is C13H18BrN3O2. The van der Waals surface area contributed by atoms with Gasteiger partial charge in [-0.05, 0) is 51.0 Å². The van der Waals surface area contributed by atoms with Crippen molar-refractivity contribution in [1.82, 2.24) is 4.90 Å². The van der Waals surface area contributed by atoms with Crippen LogP contribution in [-0.4, -0.2) is 36.5 Å². The van der Waals surface area contributed by atoms with Crippen LogP contribution >= 0.6 is 15.9 Å². The monoisotopic (exact) mass is 327 g/mol. The maximum Gasteiger partial charge on any atom is 0.292 e. The number of nitro benzene ring substituents is 1. The van der Waals surface area contributed by atoms with Crippen molar-refractivity contribution in [3.05, 3.63) is 32.8 Å². The first-order chi connectivity index (χ1) is 9.06. The quantitative estimate of drug-likeness (QED) is 0.681. The van der Waals surface area contributed by atoms with Gasteiger partial charge in [0, 0.05) is 17.1 Å². The summed E-state index contributed by atoms with van der Waals surface area (Å²) in [4.78, 5) is 12.9. The van der Waals surface area contributed by atoms with Crippen LogP contribution in [-0.2, 0) is 0 Å². The Morgan fingerprint density at radius 3 is 2.79 bits per heavy atom. The molecule has 0 atom stereocenters. The van der Waals surface area contributed by atoms with Crippen LogP contribution in [0.4, 0.5) is 11.4 Å². The van der Waals surface area contributed by atoms with E-state index in [4.69, 9.17) is 0 Å². The Kier molecular flexibility index (Phi) is 4.76. The summed E-state index contributed by atoms with van der Waals surface area (Å²) in [6.07, 6.45) is 2.29. The zero-order valence-electron chi connectivity index (χ0n) is 10.9. The lowest BCUT2D eigenvalue weighted by Gasteiger charge is -2.29. The number of nitro groups is 1. The average Bonchev–Trinajstić information content (AvgIpc) is 2.38. The fourth-order valence-corrected chi connectivity index (χ4v) is 2.69. The average molecular weight is 328 g/mol. The van der Waals surface area contributed by atoms with E-state index in [1.54, 1.807) is 12.1 Å². The highest BCUT2D eigenvalue weighted by Gasteiger charge is 2.18. The number of hydrogen-bond acceptors (Lipinski definition) is 4. The third kappa shape index (κ3) is 3.91. The Hall–Kier alpha value is -1.14. The number of likely N-dealkylation sites (tertiary alicyclic amines) is 1. The largest absolute Gasteiger partial charge is 0.379 e. The number of piperidine rings is 1. The first-order valence-electron chi connectivity index (χ1n) is 6.42. The number of hydrogen-bond donors (Lipinski definition) is 1. The molecule has 0 aliphatic carbocycles. The maximum atomic E-state index is 11.0. The fraction of sp³-hybridized carbons (Fsp3) is 0.538. The van der Waals surface area contributed by atoms with E-state index in [1.165, 1.54) is 6.07 Å². The summed E-state index contributed by atoms with van der Waals surface area (Å²) in [7, 11) is 2.13. The summed E-state index contributed by atoms with van der Waals surface area (Å²) in [6, 6.07) is 4.99. The Labute approximate surface area is 121 Å². The normalized spacial score (nSPS) is 17.4. The summed E-state index contributed by atoms with van der Waals surface area (Å²) in [6.45, 7) is 3.00. The summed E-state index contributed by atoms with van der Waals surface area (Å²) < 4.78 is 0.851. The smallest absolute Gasteiger partial charge is 0.292 e. The summed E-state index contributed by atoms with van der Waals surface area (Å²) >= 11 is 3.35. The molecular weight excluding hydrogens is 310 g/mol. The minimum Gasteiger partial charge on any atom is -0.379 e. The Morgan fingerprint density at radius 2 is 2.16 bits per heavy atom. The molecule has 1 aromatic carbocycles. The molecule has 0 saturated carbocycles. The lowest BCUT2D eigenvalue weighted by molar-refractivity contribution is -0.384. The molecule has 19 heavy (non-hydrogen) atoms. The third-order valence-electron chi connectivity index (χ3n) is 3.57. The van der Waals surface area contributed by atoms with E-state index in [-0.39, 0.29) is 10.6 Å². The molecule has 0 amide bonds. The van der Waals surface area contributed by atoms with E-state index < -0.39 is 0 Å². The van der Waals surface area contributed by atoms with Gasteiger partial charge in [0.05, 0.1) is 4.92 Å². The van der Waals surface area contributed by atoms with Gasteiger partial charge < -0.3 is 10.2 Å². The Balaban J connectivity index is 1.98. The molecule has 1 saturated heterocycles. The summed E-state index contributed by atoms with van der Waals surface area (Å²) in [5.41, 5.74) is 0.731. The van der Waals surface area contributed by atoms with E-state index in [0.29, 0.717) is 11.6 Å². The van der Waals surface area contributed by atoms with Gasteiger partial charge in [0.2, 0.25) is 0 Å². The lowest BCUT2D eigenvalue weighted by atomic mass is 9.97. The molecule has 0 radical (unpaired) electrons. The topological polar surface area (TPSA) is 58.4 Å². The van der Waals surface area contributed by atoms with Crippen LogP contribution in [0, 0.1) is 16.0 Å². The number of nitrogens with one attached hydrogen (secondary N) is 1. The molecule has 0 spiro atoms. The molecule has 5 nitrogen and oxygen atoms in total. The lowest BCUT2D eigenvalue weighted by Crippen LogP contribution is -2.33. The molecule has 1 fully saturated rings. The summed E-state index contributed by atoms with van der Waals surface area (Å²) in [5.74, 6) is 0.592. The predicted octanol–water partition coefficient (Wildman–Crippen LogP) is 3.11. The van der Waals surface area contributed by atoms with Crippen molar-refractivity contribution in [2.24, 2.45) is 5.92 Å². The molecule has 1 aliphatic heterocycles. The maximum absolute atomic E-state index is 11.0. The minimum absolute atomic E-state index is 0.135. The van der Waals surface area contributed by atoms with Crippen LogP contribution in [0.2, 0.25) is 0 Å². The van der Waals surface area contributed by atoms with Gasteiger partial charge in [-0.2, -0.15) is 0 Å². The van der Waals surface area contributed by atoms with E-state index in [0.717, 1.165) is 36.9 Å². The molecule has 1 aliphatic rings. The van der Waals surface area contributed by atoms with E-state index >= 15 is 0 Å². The standard InChI is InChI=1S/C13H18BrN3O2/c1-16-6-4-10(5-7-16)9-15-12-8-11(14)2-3-13(12)17(18)19/h2-3,8,10,15H,4-7,9H2,1H3. The van der Waals surface area contributed by atoms with Gasteiger partial charge in [0.15, 0.2) is 0 Å². The number of anilines is 1. The van der Waals surface area contributed by atoms with Gasteiger partial charge in [0.1, 0.15) is 5.69 Å². The van der Waals surface area contributed by atoms with Crippen LogP contribution in [0.1, 0.15) is 12.8 Å². The molecule has 104 valence electrons. The molecule has 1 heterocycles. The number of halogens is 1. The van der Waals surface area contributed by atoms with Crippen LogP contribution in [0.5, 0.6) is 0 Å². The van der Waals surface area contributed by atoms with E-state index in [2.05, 4.69) is 33.2 Å². The molecule has 0 unspecified atom stereocenters.